The van der Waals surface area contributed by atoms with Gasteiger partial charge >= 0.3 is 0 Å². The standard InChI is InChI=1S/C11H18INO2/c1-14-8-4-2-3-7-13-9-10-5-6-11(12)15-10/h5-6,13H,2-4,7-9H2,1H3. The largest absolute Gasteiger partial charge is 0.454 e. The summed E-state index contributed by atoms with van der Waals surface area (Å²) in [4.78, 5) is 0. The van der Waals surface area contributed by atoms with Gasteiger partial charge in [0, 0.05) is 13.7 Å². The molecule has 1 aromatic heterocycles. The van der Waals surface area contributed by atoms with Gasteiger partial charge in [-0.3, -0.25) is 0 Å². The Balaban J connectivity index is 1.93. The average Bonchev–Trinajstić information content (AvgIpc) is 2.63. The molecule has 0 amide bonds. The first-order valence-electron chi connectivity index (χ1n) is 5.27. The Hall–Kier alpha value is -0.0700. The van der Waals surface area contributed by atoms with E-state index in [4.69, 9.17) is 9.15 Å². The van der Waals surface area contributed by atoms with Crippen molar-refractivity contribution in [2.24, 2.45) is 0 Å². The number of hydrogen-bond donors (Lipinski definition) is 1. The Morgan fingerprint density at radius 3 is 2.87 bits per heavy atom. The van der Waals surface area contributed by atoms with E-state index in [2.05, 4.69) is 27.9 Å². The van der Waals surface area contributed by atoms with Gasteiger partial charge in [0.15, 0.2) is 3.77 Å². The smallest absolute Gasteiger partial charge is 0.164 e. The molecule has 0 saturated carbocycles. The molecule has 0 unspecified atom stereocenters. The van der Waals surface area contributed by atoms with E-state index in [1.165, 1.54) is 12.8 Å². The maximum absolute atomic E-state index is 5.43. The summed E-state index contributed by atoms with van der Waals surface area (Å²) in [6.45, 7) is 2.74. The van der Waals surface area contributed by atoms with Crippen LogP contribution in [-0.4, -0.2) is 20.3 Å². The quantitative estimate of drug-likeness (QED) is 0.590. The molecule has 15 heavy (non-hydrogen) atoms. The molecule has 1 heterocycles. The lowest BCUT2D eigenvalue weighted by Gasteiger charge is -2.02. The lowest BCUT2D eigenvalue weighted by molar-refractivity contribution is 0.192. The predicted octanol–water partition coefficient (Wildman–Crippen LogP) is 2.79. The number of unbranched alkanes of at least 4 members (excludes halogenated alkanes) is 2. The highest BCUT2D eigenvalue weighted by atomic mass is 127. The molecular weight excluding hydrogens is 305 g/mol. The minimum atomic E-state index is 0.827. The molecule has 4 heteroatoms. The molecule has 0 aliphatic rings. The van der Waals surface area contributed by atoms with E-state index in [1.807, 2.05) is 12.1 Å². The third-order valence-corrected chi connectivity index (χ3v) is 2.71. The molecule has 3 nitrogen and oxygen atoms in total. The highest BCUT2D eigenvalue weighted by Gasteiger charge is 1.97. The average molecular weight is 323 g/mol. The molecule has 0 aromatic carbocycles. The fourth-order valence-electron chi connectivity index (χ4n) is 1.33. The second-order valence-corrected chi connectivity index (χ2v) is 4.50. The van der Waals surface area contributed by atoms with Crippen molar-refractivity contribution in [2.75, 3.05) is 20.3 Å². The number of halogens is 1. The normalized spacial score (nSPS) is 10.8. The van der Waals surface area contributed by atoms with Crippen LogP contribution in [-0.2, 0) is 11.3 Å². The summed E-state index contributed by atoms with van der Waals surface area (Å²) in [5, 5.41) is 3.35. The van der Waals surface area contributed by atoms with Gasteiger partial charge in [0.2, 0.25) is 0 Å². The van der Waals surface area contributed by atoms with Crippen molar-refractivity contribution >= 4 is 22.6 Å². The zero-order valence-electron chi connectivity index (χ0n) is 9.09. The monoisotopic (exact) mass is 323 g/mol. The summed E-state index contributed by atoms with van der Waals surface area (Å²) in [5.74, 6) is 1.01. The zero-order chi connectivity index (χ0) is 10.9. The number of furan rings is 1. The minimum absolute atomic E-state index is 0.827. The third-order valence-electron chi connectivity index (χ3n) is 2.13. The number of rotatable bonds is 8. The van der Waals surface area contributed by atoms with Crippen molar-refractivity contribution < 1.29 is 9.15 Å². The molecule has 1 rings (SSSR count). The van der Waals surface area contributed by atoms with E-state index in [9.17, 15) is 0 Å². The van der Waals surface area contributed by atoms with E-state index in [1.54, 1.807) is 7.11 Å². The molecule has 0 radical (unpaired) electrons. The summed E-state index contributed by atoms with van der Waals surface area (Å²) < 4.78 is 11.4. The van der Waals surface area contributed by atoms with E-state index in [-0.39, 0.29) is 0 Å². The molecule has 0 saturated heterocycles. The van der Waals surface area contributed by atoms with Crippen molar-refractivity contribution in [1.29, 1.82) is 0 Å². The molecule has 1 aromatic rings. The summed E-state index contributed by atoms with van der Waals surface area (Å²) in [7, 11) is 1.75. The Morgan fingerprint density at radius 1 is 1.33 bits per heavy atom. The first-order chi connectivity index (χ1) is 7.33. The van der Waals surface area contributed by atoms with Gasteiger partial charge in [-0.1, -0.05) is 0 Å². The van der Waals surface area contributed by atoms with Gasteiger partial charge in [0.1, 0.15) is 5.76 Å². The van der Waals surface area contributed by atoms with E-state index >= 15 is 0 Å². The van der Waals surface area contributed by atoms with E-state index in [0.29, 0.717) is 0 Å². The lowest BCUT2D eigenvalue weighted by Crippen LogP contribution is -2.14. The van der Waals surface area contributed by atoms with Crippen LogP contribution in [0.15, 0.2) is 16.5 Å². The maximum atomic E-state index is 5.43. The summed E-state index contributed by atoms with van der Waals surface area (Å²) in [5.41, 5.74) is 0. The van der Waals surface area contributed by atoms with Crippen molar-refractivity contribution in [1.82, 2.24) is 5.32 Å². The molecule has 1 N–H and O–H groups in total. The molecular formula is C11H18INO2. The number of nitrogens with one attached hydrogen (secondary N) is 1. The van der Waals surface area contributed by atoms with Gasteiger partial charge in [-0.05, 0) is 60.5 Å². The van der Waals surface area contributed by atoms with Crippen LogP contribution in [0.3, 0.4) is 0 Å². The lowest BCUT2D eigenvalue weighted by atomic mass is 10.2. The number of hydrogen-bond acceptors (Lipinski definition) is 3. The molecule has 0 bridgehead atoms. The van der Waals surface area contributed by atoms with Gasteiger partial charge in [-0.25, -0.2) is 0 Å². The van der Waals surface area contributed by atoms with Crippen LogP contribution < -0.4 is 5.32 Å². The first kappa shape index (κ1) is 13.0. The SMILES string of the molecule is COCCCCCNCc1ccc(I)o1. The molecule has 0 spiro atoms. The van der Waals surface area contributed by atoms with Crippen molar-refractivity contribution in [3.05, 3.63) is 21.7 Å². The van der Waals surface area contributed by atoms with Gasteiger partial charge < -0.3 is 14.5 Å². The molecule has 0 fully saturated rings. The third kappa shape index (κ3) is 6.17. The first-order valence-corrected chi connectivity index (χ1v) is 6.34. The topological polar surface area (TPSA) is 34.4 Å². The Labute approximate surface area is 105 Å². The van der Waals surface area contributed by atoms with Crippen LogP contribution in [0.1, 0.15) is 25.0 Å². The number of methoxy groups -OCH3 is 1. The van der Waals surface area contributed by atoms with Crippen LogP contribution >= 0.6 is 22.6 Å². The van der Waals surface area contributed by atoms with Gasteiger partial charge in [0.25, 0.3) is 0 Å². The van der Waals surface area contributed by atoms with E-state index < -0.39 is 0 Å². The molecule has 86 valence electrons. The van der Waals surface area contributed by atoms with Gasteiger partial charge in [-0.2, -0.15) is 0 Å². The van der Waals surface area contributed by atoms with Crippen molar-refractivity contribution in [3.63, 3.8) is 0 Å². The van der Waals surface area contributed by atoms with Gasteiger partial charge in [-0.15, -0.1) is 0 Å². The highest BCUT2D eigenvalue weighted by Crippen LogP contribution is 2.09. The second kappa shape index (κ2) is 8.13. The molecule has 0 atom stereocenters. The van der Waals surface area contributed by atoms with Crippen LogP contribution in [0.5, 0.6) is 0 Å². The summed E-state index contributed by atoms with van der Waals surface area (Å²) >= 11 is 2.18. The molecule has 0 aliphatic carbocycles. The number of ether oxygens (including phenoxy) is 1. The Morgan fingerprint density at radius 2 is 2.20 bits per heavy atom. The maximum Gasteiger partial charge on any atom is 0.164 e. The second-order valence-electron chi connectivity index (χ2n) is 3.44. The summed E-state index contributed by atoms with van der Waals surface area (Å²) in [6, 6.07) is 4.00. The fraction of sp³-hybridized carbons (Fsp3) is 0.636. The minimum Gasteiger partial charge on any atom is -0.454 e. The fourth-order valence-corrected chi connectivity index (χ4v) is 1.79. The zero-order valence-corrected chi connectivity index (χ0v) is 11.2. The van der Waals surface area contributed by atoms with Crippen LogP contribution in [0.4, 0.5) is 0 Å². The Kier molecular flexibility index (Phi) is 7.04. The predicted molar refractivity (Wildman–Crippen MR) is 68.9 cm³/mol. The van der Waals surface area contributed by atoms with Gasteiger partial charge in [0.05, 0.1) is 6.54 Å². The van der Waals surface area contributed by atoms with Crippen LogP contribution in [0.2, 0.25) is 0 Å². The van der Waals surface area contributed by atoms with Crippen molar-refractivity contribution in [3.8, 4) is 0 Å². The van der Waals surface area contributed by atoms with Crippen LogP contribution in [0.25, 0.3) is 0 Å². The summed E-state index contributed by atoms with van der Waals surface area (Å²) in [6.07, 6.45) is 3.56. The van der Waals surface area contributed by atoms with E-state index in [0.717, 1.165) is 35.6 Å². The molecule has 0 aliphatic heterocycles. The highest BCUT2D eigenvalue weighted by molar-refractivity contribution is 14.1. The van der Waals surface area contributed by atoms with Crippen LogP contribution in [0, 0.1) is 3.77 Å². The van der Waals surface area contributed by atoms with Crippen molar-refractivity contribution in [2.45, 2.75) is 25.8 Å². The Bertz CT molecular complexity index is 263.